The van der Waals surface area contributed by atoms with E-state index in [1.54, 1.807) is 0 Å². The van der Waals surface area contributed by atoms with E-state index >= 15 is 0 Å². The van der Waals surface area contributed by atoms with Gasteiger partial charge in [-0.3, -0.25) is 0 Å². The van der Waals surface area contributed by atoms with Crippen LogP contribution in [-0.4, -0.2) is 0 Å². The molecule has 0 aromatic heterocycles. The van der Waals surface area contributed by atoms with Gasteiger partial charge in [0.1, 0.15) is 0 Å². The van der Waals surface area contributed by atoms with Crippen molar-refractivity contribution < 1.29 is 18.6 Å². The predicted molar refractivity (Wildman–Crippen MR) is 78.1 cm³/mol. The molecule has 0 N–H and O–H groups in total. The van der Waals surface area contributed by atoms with Crippen LogP contribution in [0.3, 0.4) is 0 Å². The van der Waals surface area contributed by atoms with Gasteiger partial charge in [-0.25, -0.2) is 0 Å². The van der Waals surface area contributed by atoms with Gasteiger partial charge in [-0.15, -0.1) is 29.2 Å². The Morgan fingerprint density at radius 1 is 0.737 bits per heavy atom. The average Bonchev–Trinajstić information content (AvgIpc) is 2.55. The van der Waals surface area contributed by atoms with Crippen molar-refractivity contribution in [1.29, 1.82) is 0 Å². The van der Waals surface area contributed by atoms with Gasteiger partial charge in [0.25, 0.3) is 0 Å². The summed E-state index contributed by atoms with van der Waals surface area (Å²) >= 11 is 0. The Labute approximate surface area is 127 Å². The van der Waals surface area contributed by atoms with Gasteiger partial charge in [-0.1, -0.05) is 73.5 Å². The predicted octanol–water partition coefficient (Wildman–Crippen LogP) is 4.79. The third-order valence-corrected chi connectivity index (χ3v) is 3.52. The zero-order chi connectivity index (χ0) is 12.5. The van der Waals surface area contributed by atoms with Gasteiger partial charge in [-0.2, -0.15) is 0 Å². The molecule has 0 amide bonds. The number of rotatable bonds is 1. The monoisotopic (exact) mass is 284 g/mol. The molecule has 0 heterocycles. The summed E-state index contributed by atoms with van der Waals surface area (Å²) in [6.07, 6.45) is 4.45. The Balaban J connectivity index is 0.00000133. The molecule has 0 fully saturated rings. The summed E-state index contributed by atoms with van der Waals surface area (Å²) in [5.74, 6) is 1.97. The van der Waals surface area contributed by atoms with Crippen LogP contribution in [0.4, 0.5) is 0 Å². The molecule has 0 atom stereocenters. The topological polar surface area (TPSA) is 0 Å². The van der Waals surface area contributed by atoms with Crippen LogP contribution >= 0.6 is 0 Å². The summed E-state index contributed by atoms with van der Waals surface area (Å²) in [7, 11) is 0. The Hall–Kier alpha value is -1.37. The second kappa shape index (κ2) is 5.73. The van der Waals surface area contributed by atoms with Crippen molar-refractivity contribution in [2.45, 2.75) is 13.8 Å². The fourth-order valence-corrected chi connectivity index (χ4v) is 2.72. The first-order valence-electron chi connectivity index (χ1n) is 6.51. The van der Waals surface area contributed by atoms with Crippen molar-refractivity contribution in [3.63, 3.8) is 0 Å². The van der Waals surface area contributed by atoms with Crippen LogP contribution in [-0.2, 0) is 18.6 Å². The molecule has 1 heteroatoms. The molecule has 0 saturated heterocycles. The van der Waals surface area contributed by atoms with Crippen molar-refractivity contribution in [3.8, 4) is 0 Å². The van der Waals surface area contributed by atoms with Crippen LogP contribution in [0.25, 0.3) is 12.2 Å². The Bertz CT molecular complexity index is 547. The van der Waals surface area contributed by atoms with E-state index < -0.39 is 0 Å². The summed E-state index contributed by atoms with van der Waals surface area (Å²) in [5.41, 5.74) is 5.37. The summed E-state index contributed by atoms with van der Waals surface area (Å²) in [6.45, 7) is 4.54. The van der Waals surface area contributed by atoms with Crippen LogP contribution in [0.1, 0.15) is 36.1 Å². The van der Waals surface area contributed by atoms with Crippen LogP contribution in [0.5, 0.6) is 0 Å². The van der Waals surface area contributed by atoms with E-state index in [1.807, 2.05) is 0 Å². The van der Waals surface area contributed by atoms with Gasteiger partial charge in [0, 0.05) is 18.6 Å². The maximum atomic E-state index is 2.27. The molecule has 2 aromatic rings. The van der Waals surface area contributed by atoms with Crippen molar-refractivity contribution in [2.24, 2.45) is 5.92 Å². The van der Waals surface area contributed by atoms with Crippen LogP contribution in [0.15, 0.2) is 48.5 Å². The molecule has 1 aliphatic rings. The fourth-order valence-electron chi connectivity index (χ4n) is 2.72. The molecule has 2 aromatic carbocycles. The van der Waals surface area contributed by atoms with Crippen molar-refractivity contribution in [1.82, 2.24) is 0 Å². The largest absolute Gasteiger partial charge is 0.118 e. The molecule has 0 saturated carbocycles. The minimum atomic E-state index is 0. The second-order valence-electron chi connectivity index (χ2n) is 5.08. The maximum absolute atomic E-state index is 2.27. The first kappa shape index (κ1) is 14.1. The van der Waals surface area contributed by atoms with Crippen LogP contribution < -0.4 is 0 Å². The zero-order valence-corrected chi connectivity index (χ0v) is 12.7. The van der Waals surface area contributed by atoms with Gasteiger partial charge < -0.3 is 0 Å². The SMILES string of the molecule is CC(C)[C-]1c2ccccc2C=Cc2ccccc21.[V]. The summed E-state index contributed by atoms with van der Waals surface area (Å²) < 4.78 is 0. The van der Waals surface area contributed by atoms with Gasteiger partial charge in [-0.05, 0) is 5.92 Å². The molecule has 0 unspecified atom stereocenters. The Kier molecular flexibility index (Phi) is 4.24. The first-order valence-corrected chi connectivity index (χ1v) is 6.51. The molecule has 95 valence electrons. The molecule has 0 spiro atoms. The Morgan fingerprint density at radius 3 is 1.58 bits per heavy atom. The normalized spacial score (nSPS) is 12.5. The van der Waals surface area contributed by atoms with Crippen LogP contribution in [0.2, 0.25) is 0 Å². The van der Waals surface area contributed by atoms with E-state index in [1.165, 1.54) is 28.2 Å². The van der Waals surface area contributed by atoms with Crippen molar-refractivity contribution in [3.05, 3.63) is 76.7 Å². The maximum Gasteiger partial charge on any atom is 0 e. The van der Waals surface area contributed by atoms with E-state index in [4.69, 9.17) is 0 Å². The third kappa shape index (κ3) is 2.52. The number of benzene rings is 2. The summed E-state index contributed by atoms with van der Waals surface area (Å²) in [6, 6.07) is 17.3. The minimum Gasteiger partial charge on any atom is -0.118 e. The fraction of sp³-hybridized carbons (Fsp3) is 0.167. The summed E-state index contributed by atoms with van der Waals surface area (Å²) in [4.78, 5) is 0. The van der Waals surface area contributed by atoms with Crippen LogP contribution in [0, 0.1) is 11.8 Å². The van der Waals surface area contributed by atoms with Gasteiger partial charge in [0.05, 0.1) is 0 Å². The second-order valence-corrected chi connectivity index (χ2v) is 5.08. The van der Waals surface area contributed by atoms with Gasteiger partial charge in [0.15, 0.2) is 0 Å². The molecule has 1 aliphatic carbocycles. The Morgan fingerprint density at radius 2 is 1.16 bits per heavy atom. The van der Waals surface area contributed by atoms with Gasteiger partial charge in [0.2, 0.25) is 0 Å². The standard InChI is InChI=1S/C18H17.V/c1-13(2)18-16-9-5-3-7-14(16)11-12-15-8-4-6-10-17(15)18;/h3-13H,1-2H3;/q-1;. The number of hydrogen-bond donors (Lipinski definition) is 0. The van der Waals surface area contributed by atoms with Crippen molar-refractivity contribution in [2.75, 3.05) is 0 Å². The number of fused-ring (bicyclic) bond motifs is 2. The van der Waals surface area contributed by atoms with E-state index in [9.17, 15) is 0 Å². The molecular weight excluding hydrogens is 267 g/mol. The molecular formula is C18H17V-. The number of hydrogen-bond acceptors (Lipinski definition) is 0. The summed E-state index contributed by atoms with van der Waals surface area (Å²) in [5, 5.41) is 0. The molecule has 19 heavy (non-hydrogen) atoms. The molecule has 0 aliphatic heterocycles. The zero-order valence-electron chi connectivity index (χ0n) is 11.3. The van der Waals surface area contributed by atoms with E-state index in [-0.39, 0.29) is 18.6 Å². The third-order valence-electron chi connectivity index (χ3n) is 3.52. The van der Waals surface area contributed by atoms with E-state index in [0.717, 1.165) is 0 Å². The molecule has 1 radical (unpaired) electrons. The first-order chi connectivity index (χ1) is 8.77. The molecule has 0 nitrogen and oxygen atoms in total. The van der Waals surface area contributed by atoms with E-state index in [2.05, 4.69) is 74.5 Å². The smallest absolute Gasteiger partial charge is 0 e. The minimum absolute atomic E-state index is 0. The average molecular weight is 284 g/mol. The molecule has 3 rings (SSSR count). The van der Waals surface area contributed by atoms with Crippen molar-refractivity contribution >= 4 is 12.2 Å². The quantitative estimate of drug-likeness (QED) is 0.660. The van der Waals surface area contributed by atoms with Gasteiger partial charge >= 0.3 is 0 Å². The molecule has 0 bridgehead atoms. The van der Waals surface area contributed by atoms with E-state index in [0.29, 0.717) is 5.92 Å².